The van der Waals surface area contributed by atoms with Gasteiger partial charge in [0.05, 0.1) is 0 Å². The van der Waals surface area contributed by atoms with E-state index in [-0.39, 0.29) is 11.8 Å². The van der Waals surface area contributed by atoms with Crippen LogP contribution in [-0.2, 0) is 4.79 Å². The molecule has 0 heterocycles. The van der Waals surface area contributed by atoms with Gasteiger partial charge in [0.25, 0.3) is 0 Å². The highest BCUT2D eigenvalue weighted by Crippen LogP contribution is 2.19. The summed E-state index contributed by atoms with van der Waals surface area (Å²) >= 11 is 0. The van der Waals surface area contributed by atoms with Crippen molar-refractivity contribution in [2.24, 2.45) is 0 Å². The van der Waals surface area contributed by atoms with E-state index in [2.05, 4.69) is 31.0 Å². The normalized spacial score (nSPS) is 12.4. The van der Waals surface area contributed by atoms with Gasteiger partial charge in [0, 0.05) is 25.2 Å². The molecular weight excluding hydrogens is 250 g/mol. The molecule has 0 aliphatic heterocycles. The van der Waals surface area contributed by atoms with Crippen molar-refractivity contribution in [3.63, 3.8) is 0 Å². The summed E-state index contributed by atoms with van der Waals surface area (Å²) < 4.78 is 0. The lowest BCUT2D eigenvalue weighted by molar-refractivity contribution is -0.121. The lowest BCUT2D eigenvalue weighted by atomic mass is 9.97. The fraction of sp³-hybridized carbons (Fsp3) is 0.562. The summed E-state index contributed by atoms with van der Waals surface area (Å²) in [5, 5.41) is 2.99. The highest BCUT2D eigenvalue weighted by atomic mass is 16.1. The molecule has 1 rings (SSSR count). The number of carbonyl (C=O) groups is 1. The van der Waals surface area contributed by atoms with Crippen LogP contribution in [0, 0.1) is 0 Å². The molecule has 0 aromatic heterocycles. The quantitative estimate of drug-likeness (QED) is 0.716. The van der Waals surface area contributed by atoms with Crippen LogP contribution in [0.4, 0.5) is 5.69 Å². The number of hydrogen-bond donors (Lipinski definition) is 2. The molecule has 112 valence electrons. The van der Waals surface area contributed by atoms with Gasteiger partial charge in [0.2, 0.25) is 5.91 Å². The van der Waals surface area contributed by atoms with Crippen molar-refractivity contribution in [1.82, 2.24) is 10.2 Å². The van der Waals surface area contributed by atoms with Crippen LogP contribution in [0.3, 0.4) is 0 Å². The van der Waals surface area contributed by atoms with Gasteiger partial charge >= 0.3 is 0 Å². The Morgan fingerprint density at radius 1 is 1.25 bits per heavy atom. The average molecular weight is 277 g/mol. The van der Waals surface area contributed by atoms with Gasteiger partial charge in [0.15, 0.2) is 0 Å². The van der Waals surface area contributed by atoms with E-state index in [0.29, 0.717) is 6.42 Å². The Hall–Kier alpha value is -1.55. The second-order valence-corrected chi connectivity index (χ2v) is 5.15. The molecule has 4 nitrogen and oxygen atoms in total. The van der Waals surface area contributed by atoms with Gasteiger partial charge in [-0.15, -0.1) is 0 Å². The molecule has 0 fully saturated rings. The first-order valence-electron chi connectivity index (χ1n) is 7.41. The minimum absolute atomic E-state index is 0.112. The van der Waals surface area contributed by atoms with Crippen LogP contribution in [0.25, 0.3) is 0 Å². The molecule has 0 aliphatic carbocycles. The summed E-state index contributed by atoms with van der Waals surface area (Å²) in [6.07, 6.45) is 0.516. The lowest BCUT2D eigenvalue weighted by Crippen LogP contribution is -2.35. The largest absolute Gasteiger partial charge is 0.399 e. The maximum atomic E-state index is 11.9. The first-order chi connectivity index (χ1) is 9.56. The summed E-state index contributed by atoms with van der Waals surface area (Å²) in [5.74, 6) is 0.325. The molecule has 0 saturated carbocycles. The van der Waals surface area contributed by atoms with E-state index in [1.54, 1.807) is 0 Å². The van der Waals surface area contributed by atoms with Gasteiger partial charge in [-0.05, 0) is 36.7 Å². The minimum Gasteiger partial charge on any atom is -0.399 e. The standard InChI is InChI=1S/C16H27N3O/c1-4-19(5-2)11-10-18-16(20)12-13(3)14-6-8-15(17)9-7-14/h6-9,13H,4-5,10-12,17H2,1-3H3,(H,18,20). The third-order valence-electron chi connectivity index (χ3n) is 3.64. The summed E-state index contributed by atoms with van der Waals surface area (Å²) in [6.45, 7) is 10.0. The number of nitrogen functional groups attached to an aromatic ring is 1. The zero-order chi connectivity index (χ0) is 15.0. The van der Waals surface area contributed by atoms with E-state index in [1.807, 2.05) is 24.3 Å². The van der Waals surface area contributed by atoms with Crippen molar-refractivity contribution in [3.05, 3.63) is 29.8 Å². The molecule has 1 aromatic carbocycles. The van der Waals surface area contributed by atoms with E-state index in [9.17, 15) is 4.79 Å². The third-order valence-corrected chi connectivity index (χ3v) is 3.64. The Bertz CT molecular complexity index is 399. The number of rotatable bonds is 8. The Morgan fingerprint density at radius 3 is 2.40 bits per heavy atom. The average Bonchev–Trinajstić information content (AvgIpc) is 2.44. The number of hydrogen-bond acceptors (Lipinski definition) is 3. The molecule has 20 heavy (non-hydrogen) atoms. The Balaban J connectivity index is 2.33. The monoisotopic (exact) mass is 277 g/mol. The molecule has 1 unspecified atom stereocenters. The van der Waals surface area contributed by atoms with Crippen LogP contribution < -0.4 is 11.1 Å². The van der Waals surface area contributed by atoms with Gasteiger partial charge in [-0.1, -0.05) is 32.9 Å². The second kappa shape index (κ2) is 8.59. The topological polar surface area (TPSA) is 58.4 Å². The fourth-order valence-corrected chi connectivity index (χ4v) is 2.19. The fourth-order valence-electron chi connectivity index (χ4n) is 2.19. The van der Waals surface area contributed by atoms with Crippen molar-refractivity contribution >= 4 is 11.6 Å². The number of nitrogens with zero attached hydrogens (tertiary/aromatic N) is 1. The molecule has 1 atom stereocenters. The molecule has 1 amide bonds. The highest BCUT2D eigenvalue weighted by molar-refractivity contribution is 5.76. The zero-order valence-electron chi connectivity index (χ0n) is 12.9. The highest BCUT2D eigenvalue weighted by Gasteiger charge is 2.11. The predicted molar refractivity (Wildman–Crippen MR) is 84.7 cm³/mol. The van der Waals surface area contributed by atoms with Crippen molar-refractivity contribution in [2.45, 2.75) is 33.1 Å². The van der Waals surface area contributed by atoms with Crippen molar-refractivity contribution in [3.8, 4) is 0 Å². The number of likely N-dealkylation sites (N-methyl/N-ethyl adjacent to an activating group) is 1. The van der Waals surface area contributed by atoms with Gasteiger partial charge < -0.3 is 16.0 Å². The Labute approximate surface area is 122 Å². The molecule has 1 aromatic rings. The summed E-state index contributed by atoms with van der Waals surface area (Å²) in [4.78, 5) is 14.2. The van der Waals surface area contributed by atoms with Crippen LogP contribution in [-0.4, -0.2) is 37.0 Å². The van der Waals surface area contributed by atoms with Gasteiger partial charge in [-0.2, -0.15) is 0 Å². The van der Waals surface area contributed by atoms with Crippen LogP contribution in [0.1, 0.15) is 38.7 Å². The maximum Gasteiger partial charge on any atom is 0.220 e. The molecule has 0 radical (unpaired) electrons. The molecule has 0 spiro atoms. The van der Waals surface area contributed by atoms with Crippen LogP contribution in [0.15, 0.2) is 24.3 Å². The third kappa shape index (κ3) is 5.61. The lowest BCUT2D eigenvalue weighted by Gasteiger charge is -2.18. The first kappa shape index (κ1) is 16.5. The van der Waals surface area contributed by atoms with Crippen molar-refractivity contribution < 1.29 is 4.79 Å². The maximum absolute atomic E-state index is 11.9. The summed E-state index contributed by atoms with van der Waals surface area (Å²) in [7, 11) is 0. The van der Waals surface area contributed by atoms with Crippen LogP contribution in [0.5, 0.6) is 0 Å². The summed E-state index contributed by atoms with van der Waals surface area (Å²) in [5.41, 5.74) is 7.57. The predicted octanol–water partition coefficient (Wildman–Crippen LogP) is 2.22. The second-order valence-electron chi connectivity index (χ2n) is 5.15. The van der Waals surface area contributed by atoms with Gasteiger partial charge in [0.1, 0.15) is 0 Å². The van der Waals surface area contributed by atoms with Crippen molar-refractivity contribution in [1.29, 1.82) is 0 Å². The van der Waals surface area contributed by atoms with E-state index in [4.69, 9.17) is 5.73 Å². The Morgan fingerprint density at radius 2 is 1.85 bits per heavy atom. The minimum atomic E-state index is 0.112. The van der Waals surface area contributed by atoms with E-state index >= 15 is 0 Å². The van der Waals surface area contributed by atoms with E-state index in [0.717, 1.165) is 37.4 Å². The van der Waals surface area contributed by atoms with Crippen LogP contribution >= 0.6 is 0 Å². The molecule has 0 aliphatic rings. The number of carbonyl (C=O) groups excluding carboxylic acids is 1. The smallest absolute Gasteiger partial charge is 0.220 e. The van der Waals surface area contributed by atoms with Crippen LogP contribution in [0.2, 0.25) is 0 Å². The molecule has 4 heteroatoms. The van der Waals surface area contributed by atoms with Gasteiger partial charge in [-0.25, -0.2) is 0 Å². The molecule has 0 saturated heterocycles. The first-order valence-corrected chi connectivity index (χ1v) is 7.41. The van der Waals surface area contributed by atoms with E-state index < -0.39 is 0 Å². The summed E-state index contributed by atoms with van der Waals surface area (Å²) in [6, 6.07) is 7.74. The number of benzene rings is 1. The SMILES string of the molecule is CCN(CC)CCNC(=O)CC(C)c1ccc(N)cc1. The number of nitrogens with two attached hydrogens (primary N) is 1. The van der Waals surface area contributed by atoms with Crippen molar-refractivity contribution in [2.75, 3.05) is 31.9 Å². The number of amides is 1. The molecule has 0 bridgehead atoms. The molecular formula is C16H27N3O. The molecule has 3 N–H and O–H groups in total. The van der Waals surface area contributed by atoms with E-state index in [1.165, 1.54) is 0 Å². The number of anilines is 1. The van der Waals surface area contributed by atoms with Gasteiger partial charge in [-0.3, -0.25) is 4.79 Å². The zero-order valence-corrected chi connectivity index (χ0v) is 12.9. The Kier molecular flexibility index (Phi) is 7.09. The number of nitrogens with one attached hydrogen (secondary N) is 1.